The zero-order chi connectivity index (χ0) is 23.5. The molecule has 0 aromatic heterocycles. The normalized spacial score (nSPS) is 14.7. The Morgan fingerprint density at radius 1 is 1.09 bits per heavy atom. The van der Waals surface area contributed by atoms with Crippen molar-refractivity contribution in [3.05, 3.63) is 63.7 Å². The van der Waals surface area contributed by atoms with Crippen molar-refractivity contribution in [3.63, 3.8) is 0 Å². The highest BCUT2D eigenvalue weighted by molar-refractivity contribution is 7.89. The number of sulfonamides is 1. The van der Waals surface area contributed by atoms with Gasteiger partial charge < -0.3 is 15.4 Å². The van der Waals surface area contributed by atoms with Gasteiger partial charge in [-0.3, -0.25) is 19.7 Å². The highest BCUT2D eigenvalue weighted by Gasteiger charge is 2.32. The molecule has 0 atom stereocenters. The fourth-order valence-corrected chi connectivity index (χ4v) is 4.92. The fourth-order valence-electron chi connectivity index (χ4n) is 3.25. The highest BCUT2D eigenvalue weighted by Crippen LogP contribution is 2.25. The quantitative estimate of drug-likeness (QED) is 0.474. The molecule has 1 aliphatic heterocycles. The number of amides is 2. The van der Waals surface area contributed by atoms with E-state index in [1.807, 2.05) is 0 Å². The lowest BCUT2D eigenvalue weighted by Gasteiger charge is -2.34. The van der Waals surface area contributed by atoms with Crippen molar-refractivity contribution in [2.75, 3.05) is 32.8 Å². The van der Waals surface area contributed by atoms with E-state index in [-0.39, 0.29) is 49.3 Å². The van der Waals surface area contributed by atoms with Crippen molar-refractivity contribution in [3.8, 4) is 5.75 Å². The first-order valence-electron chi connectivity index (χ1n) is 9.65. The second kappa shape index (κ2) is 9.32. The van der Waals surface area contributed by atoms with Crippen molar-refractivity contribution >= 4 is 27.5 Å². The minimum Gasteiger partial charge on any atom is -0.484 e. The third-order valence-electron chi connectivity index (χ3n) is 5.09. The lowest BCUT2D eigenvalue weighted by atomic mass is 10.2. The van der Waals surface area contributed by atoms with Crippen LogP contribution in [-0.4, -0.2) is 67.1 Å². The van der Waals surface area contributed by atoms with Gasteiger partial charge in [-0.15, -0.1) is 0 Å². The average molecular weight is 462 g/mol. The first-order valence-corrected chi connectivity index (χ1v) is 11.1. The summed E-state index contributed by atoms with van der Waals surface area (Å²) in [7, 11) is -3.94. The number of ether oxygens (including phenoxy) is 1. The molecule has 1 heterocycles. The second-order valence-electron chi connectivity index (χ2n) is 7.17. The molecule has 0 bridgehead atoms. The predicted octanol–water partition coefficient (Wildman–Crippen LogP) is 0.914. The maximum absolute atomic E-state index is 13.0. The molecular weight excluding hydrogens is 440 g/mol. The van der Waals surface area contributed by atoms with Gasteiger partial charge in [-0.25, -0.2) is 8.42 Å². The van der Waals surface area contributed by atoms with Gasteiger partial charge in [-0.05, 0) is 36.8 Å². The first-order chi connectivity index (χ1) is 15.1. The van der Waals surface area contributed by atoms with Crippen LogP contribution < -0.4 is 10.5 Å². The average Bonchev–Trinajstić information content (AvgIpc) is 2.77. The van der Waals surface area contributed by atoms with Crippen LogP contribution in [0.25, 0.3) is 0 Å². The summed E-state index contributed by atoms with van der Waals surface area (Å²) in [5, 5.41) is 11.0. The van der Waals surface area contributed by atoms with Gasteiger partial charge in [0.05, 0.1) is 9.82 Å². The molecule has 0 unspecified atom stereocenters. The number of non-ortho nitro benzene ring substituents is 1. The van der Waals surface area contributed by atoms with Crippen molar-refractivity contribution in [2.24, 2.45) is 5.73 Å². The third kappa shape index (κ3) is 5.03. The summed E-state index contributed by atoms with van der Waals surface area (Å²) in [4.78, 5) is 35.3. The van der Waals surface area contributed by atoms with E-state index in [9.17, 15) is 28.1 Å². The molecule has 2 aromatic rings. The Morgan fingerprint density at radius 3 is 2.28 bits per heavy atom. The number of primary amides is 1. The summed E-state index contributed by atoms with van der Waals surface area (Å²) in [5.74, 6) is -0.487. The van der Waals surface area contributed by atoms with Crippen molar-refractivity contribution in [1.82, 2.24) is 9.21 Å². The summed E-state index contributed by atoms with van der Waals surface area (Å²) in [5.41, 5.74) is 5.60. The number of nitrogens with two attached hydrogens (primary N) is 1. The van der Waals surface area contributed by atoms with Crippen LogP contribution in [0.15, 0.2) is 47.4 Å². The standard InChI is InChI=1S/C20H22N4O7S/c1-14-2-5-16(24(27)28)12-18(14)32(29,30)23-10-8-22(9-11-23)19(25)13-31-17-6-3-15(4-7-17)20(21)26/h2-7,12H,8-11,13H2,1H3,(H2,21,26). The molecule has 0 radical (unpaired) electrons. The molecular formula is C20H22N4O7S. The van der Waals surface area contributed by atoms with Crippen LogP contribution in [0.5, 0.6) is 5.75 Å². The first kappa shape index (κ1) is 23.2. The number of benzene rings is 2. The topological polar surface area (TPSA) is 153 Å². The Kier molecular flexibility index (Phi) is 6.75. The molecule has 1 fully saturated rings. The number of hydrogen-bond acceptors (Lipinski definition) is 7. The van der Waals surface area contributed by atoms with Crippen LogP contribution in [0.3, 0.4) is 0 Å². The van der Waals surface area contributed by atoms with Crippen LogP contribution in [0.4, 0.5) is 5.69 Å². The van der Waals surface area contributed by atoms with E-state index in [1.54, 1.807) is 6.92 Å². The van der Waals surface area contributed by atoms with Gasteiger partial charge in [0.25, 0.3) is 11.6 Å². The minimum atomic E-state index is -3.94. The molecule has 32 heavy (non-hydrogen) atoms. The second-order valence-corrected chi connectivity index (χ2v) is 9.08. The Bertz CT molecular complexity index is 1140. The monoisotopic (exact) mass is 462 g/mol. The molecule has 3 rings (SSSR count). The molecule has 0 saturated carbocycles. The molecule has 2 amide bonds. The molecule has 2 aromatic carbocycles. The van der Waals surface area contributed by atoms with Crippen LogP contribution in [0.1, 0.15) is 15.9 Å². The Morgan fingerprint density at radius 2 is 1.72 bits per heavy atom. The largest absolute Gasteiger partial charge is 0.484 e. The summed E-state index contributed by atoms with van der Waals surface area (Å²) < 4.78 is 32.6. The smallest absolute Gasteiger partial charge is 0.270 e. The van der Waals surface area contributed by atoms with Gasteiger partial charge in [-0.2, -0.15) is 4.31 Å². The van der Waals surface area contributed by atoms with Crippen molar-refractivity contribution in [2.45, 2.75) is 11.8 Å². The molecule has 0 spiro atoms. The fraction of sp³-hybridized carbons (Fsp3) is 0.300. The molecule has 0 aliphatic carbocycles. The number of carbonyl (C=O) groups is 2. The van der Waals surface area contributed by atoms with Gasteiger partial charge >= 0.3 is 0 Å². The number of hydrogen-bond donors (Lipinski definition) is 1. The Labute approximate surface area is 184 Å². The van der Waals surface area contributed by atoms with Crippen LogP contribution in [0, 0.1) is 17.0 Å². The summed E-state index contributed by atoms with van der Waals surface area (Å²) in [6.07, 6.45) is 0. The number of carbonyl (C=O) groups excluding carboxylic acids is 2. The van der Waals surface area contributed by atoms with Crippen molar-refractivity contribution < 1.29 is 27.7 Å². The summed E-state index contributed by atoms with van der Waals surface area (Å²) in [6.45, 7) is 1.77. The zero-order valence-electron chi connectivity index (χ0n) is 17.3. The van der Waals surface area contributed by atoms with Gasteiger partial charge in [0, 0.05) is 43.9 Å². The maximum atomic E-state index is 13.0. The van der Waals surface area contributed by atoms with Crippen LogP contribution >= 0.6 is 0 Å². The van der Waals surface area contributed by atoms with Gasteiger partial charge in [0.15, 0.2) is 6.61 Å². The number of piperazine rings is 1. The number of rotatable bonds is 7. The van der Waals surface area contributed by atoms with Gasteiger partial charge in [0.1, 0.15) is 5.75 Å². The molecule has 12 heteroatoms. The predicted molar refractivity (Wildman–Crippen MR) is 114 cm³/mol. The zero-order valence-corrected chi connectivity index (χ0v) is 18.1. The minimum absolute atomic E-state index is 0.0590. The van der Waals surface area contributed by atoms with E-state index in [0.717, 1.165) is 6.07 Å². The van der Waals surface area contributed by atoms with E-state index in [0.29, 0.717) is 16.9 Å². The molecule has 1 aliphatic rings. The van der Waals surface area contributed by atoms with E-state index >= 15 is 0 Å². The summed E-state index contributed by atoms with van der Waals surface area (Å²) in [6, 6.07) is 9.74. The molecule has 11 nitrogen and oxygen atoms in total. The lowest BCUT2D eigenvalue weighted by molar-refractivity contribution is -0.385. The Balaban J connectivity index is 1.59. The maximum Gasteiger partial charge on any atom is 0.270 e. The summed E-state index contributed by atoms with van der Waals surface area (Å²) >= 11 is 0. The molecule has 1 saturated heterocycles. The third-order valence-corrected chi connectivity index (χ3v) is 7.13. The Hall–Kier alpha value is -3.51. The number of nitrogens with zero attached hydrogens (tertiary/aromatic N) is 3. The van der Waals surface area contributed by atoms with E-state index in [4.69, 9.17) is 10.5 Å². The van der Waals surface area contributed by atoms with Gasteiger partial charge in [-0.1, -0.05) is 6.07 Å². The highest BCUT2D eigenvalue weighted by atomic mass is 32.2. The lowest BCUT2D eigenvalue weighted by Crippen LogP contribution is -2.51. The van der Waals surface area contributed by atoms with Gasteiger partial charge in [0.2, 0.25) is 15.9 Å². The number of nitro benzene ring substituents is 1. The number of nitro groups is 1. The van der Waals surface area contributed by atoms with Crippen molar-refractivity contribution in [1.29, 1.82) is 0 Å². The molecule has 2 N–H and O–H groups in total. The van der Waals surface area contributed by atoms with E-state index < -0.39 is 20.9 Å². The molecule has 170 valence electrons. The SMILES string of the molecule is Cc1ccc([N+](=O)[O-])cc1S(=O)(=O)N1CCN(C(=O)COc2ccc(C(N)=O)cc2)CC1. The number of aryl methyl sites for hydroxylation is 1. The van der Waals surface area contributed by atoms with E-state index in [1.165, 1.54) is 45.6 Å². The van der Waals surface area contributed by atoms with Crippen LogP contribution in [-0.2, 0) is 14.8 Å². The van der Waals surface area contributed by atoms with Crippen LogP contribution in [0.2, 0.25) is 0 Å². The van der Waals surface area contributed by atoms with E-state index in [2.05, 4.69) is 0 Å².